The SMILES string of the molecule is CCc1noc(CN(CC)C(=O)c2cc(-c3cccn3C)n[nH]2)n1. The van der Waals surface area contributed by atoms with Crippen molar-refractivity contribution in [2.75, 3.05) is 6.54 Å². The number of hydrogen-bond donors (Lipinski definition) is 1. The molecular formula is C16H20N6O2. The molecule has 0 radical (unpaired) electrons. The number of H-pyrrole nitrogens is 1. The molecule has 24 heavy (non-hydrogen) atoms. The maximum Gasteiger partial charge on any atom is 0.272 e. The summed E-state index contributed by atoms with van der Waals surface area (Å²) in [6, 6.07) is 5.64. The Balaban J connectivity index is 1.76. The first-order chi connectivity index (χ1) is 11.6. The van der Waals surface area contributed by atoms with Crippen molar-refractivity contribution < 1.29 is 9.32 Å². The lowest BCUT2D eigenvalue weighted by molar-refractivity contribution is 0.0728. The zero-order valence-corrected chi connectivity index (χ0v) is 14.0. The van der Waals surface area contributed by atoms with Crippen LogP contribution in [0.3, 0.4) is 0 Å². The maximum atomic E-state index is 12.7. The van der Waals surface area contributed by atoms with Crippen molar-refractivity contribution in [3.8, 4) is 11.4 Å². The summed E-state index contributed by atoms with van der Waals surface area (Å²) in [5.41, 5.74) is 2.11. The lowest BCUT2D eigenvalue weighted by atomic mass is 10.2. The molecule has 0 aromatic carbocycles. The van der Waals surface area contributed by atoms with E-state index in [1.165, 1.54) is 0 Å². The highest BCUT2D eigenvalue weighted by atomic mass is 16.5. The molecule has 0 spiro atoms. The van der Waals surface area contributed by atoms with E-state index < -0.39 is 0 Å². The summed E-state index contributed by atoms with van der Waals surface area (Å²) < 4.78 is 7.12. The molecule has 3 heterocycles. The van der Waals surface area contributed by atoms with Gasteiger partial charge in [0.25, 0.3) is 5.91 Å². The number of amides is 1. The first-order valence-electron chi connectivity index (χ1n) is 7.90. The normalized spacial score (nSPS) is 11.0. The summed E-state index contributed by atoms with van der Waals surface area (Å²) in [7, 11) is 1.94. The van der Waals surface area contributed by atoms with E-state index in [9.17, 15) is 4.79 Å². The van der Waals surface area contributed by atoms with Crippen LogP contribution in [0.15, 0.2) is 28.9 Å². The number of nitrogens with one attached hydrogen (secondary N) is 1. The number of carbonyl (C=O) groups excluding carboxylic acids is 1. The molecule has 126 valence electrons. The molecule has 8 heteroatoms. The van der Waals surface area contributed by atoms with Crippen LogP contribution in [0.5, 0.6) is 0 Å². The van der Waals surface area contributed by atoms with Crippen LogP contribution >= 0.6 is 0 Å². The zero-order valence-electron chi connectivity index (χ0n) is 14.0. The van der Waals surface area contributed by atoms with E-state index >= 15 is 0 Å². The lowest BCUT2D eigenvalue weighted by Gasteiger charge is -2.17. The molecule has 0 unspecified atom stereocenters. The topological polar surface area (TPSA) is 92.8 Å². The average Bonchev–Trinajstić information content (AvgIpc) is 3.32. The van der Waals surface area contributed by atoms with Crippen LogP contribution in [-0.2, 0) is 20.0 Å². The number of nitrogens with zero attached hydrogens (tertiary/aromatic N) is 5. The second-order valence-corrected chi connectivity index (χ2v) is 5.45. The fourth-order valence-corrected chi connectivity index (χ4v) is 2.45. The third-order valence-electron chi connectivity index (χ3n) is 3.84. The van der Waals surface area contributed by atoms with E-state index in [0.29, 0.717) is 30.4 Å². The van der Waals surface area contributed by atoms with Crippen molar-refractivity contribution >= 4 is 5.91 Å². The summed E-state index contributed by atoms with van der Waals surface area (Å²) in [5.74, 6) is 0.923. The van der Waals surface area contributed by atoms with Gasteiger partial charge in [0.05, 0.1) is 5.69 Å². The Morgan fingerprint density at radius 2 is 2.25 bits per heavy atom. The molecule has 3 rings (SSSR count). The van der Waals surface area contributed by atoms with Crippen molar-refractivity contribution in [2.24, 2.45) is 7.05 Å². The van der Waals surface area contributed by atoms with Gasteiger partial charge in [-0.25, -0.2) is 0 Å². The van der Waals surface area contributed by atoms with Crippen molar-refractivity contribution in [2.45, 2.75) is 26.8 Å². The summed E-state index contributed by atoms with van der Waals surface area (Å²) in [6.45, 7) is 4.67. The molecule has 1 amide bonds. The largest absolute Gasteiger partial charge is 0.349 e. The van der Waals surface area contributed by atoms with Crippen LogP contribution in [-0.4, -0.2) is 42.3 Å². The molecule has 8 nitrogen and oxygen atoms in total. The summed E-state index contributed by atoms with van der Waals surface area (Å²) >= 11 is 0. The Morgan fingerprint density at radius 3 is 2.88 bits per heavy atom. The van der Waals surface area contributed by atoms with Gasteiger partial charge in [0.15, 0.2) is 5.82 Å². The predicted octanol–water partition coefficient (Wildman–Crippen LogP) is 2.02. The van der Waals surface area contributed by atoms with Crippen molar-refractivity contribution in [1.82, 2.24) is 29.8 Å². The smallest absolute Gasteiger partial charge is 0.272 e. The number of carbonyl (C=O) groups is 1. The number of aromatic nitrogens is 5. The van der Waals surface area contributed by atoms with Crippen molar-refractivity contribution in [3.63, 3.8) is 0 Å². The molecule has 3 aromatic rings. The monoisotopic (exact) mass is 328 g/mol. The Bertz CT molecular complexity index is 831. The van der Waals surface area contributed by atoms with Gasteiger partial charge >= 0.3 is 0 Å². The van der Waals surface area contributed by atoms with Crippen LogP contribution in [0.1, 0.15) is 36.1 Å². The van der Waals surface area contributed by atoms with Gasteiger partial charge in [-0.3, -0.25) is 9.89 Å². The highest BCUT2D eigenvalue weighted by Crippen LogP contribution is 2.18. The molecule has 0 saturated heterocycles. The number of aromatic amines is 1. The molecule has 0 aliphatic rings. The molecule has 0 bridgehead atoms. The summed E-state index contributed by atoms with van der Waals surface area (Å²) in [5, 5.41) is 10.9. The van der Waals surface area contributed by atoms with Gasteiger partial charge in [-0.1, -0.05) is 12.1 Å². The maximum absolute atomic E-state index is 12.7. The average molecular weight is 328 g/mol. The van der Waals surface area contributed by atoms with Gasteiger partial charge in [-0.2, -0.15) is 10.1 Å². The molecular weight excluding hydrogens is 308 g/mol. The van der Waals surface area contributed by atoms with Gasteiger partial charge in [0, 0.05) is 26.2 Å². The summed E-state index contributed by atoms with van der Waals surface area (Å²) in [6.07, 6.45) is 2.63. The molecule has 0 aliphatic heterocycles. The number of aryl methyl sites for hydroxylation is 2. The standard InChI is InChI=1S/C16H20N6O2/c1-4-14-17-15(24-20-14)10-22(5-2)16(23)12-9-11(18-19-12)13-7-6-8-21(13)3/h6-9H,4-5,10H2,1-3H3,(H,18,19). The van der Waals surface area contributed by atoms with E-state index in [4.69, 9.17) is 4.52 Å². The minimum Gasteiger partial charge on any atom is -0.349 e. The first kappa shape index (κ1) is 16.0. The van der Waals surface area contributed by atoms with Crippen LogP contribution in [0.4, 0.5) is 0 Å². The summed E-state index contributed by atoms with van der Waals surface area (Å²) in [4.78, 5) is 18.6. The van der Waals surface area contributed by atoms with Crippen LogP contribution in [0.2, 0.25) is 0 Å². The van der Waals surface area contributed by atoms with Gasteiger partial charge in [0.2, 0.25) is 5.89 Å². The molecule has 0 saturated carbocycles. The Hall–Kier alpha value is -2.90. The number of rotatable bonds is 6. The predicted molar refractivity (Wildman–Crippen MR) is 87.1 cm³/mol. The van der Waals surface area contributed by atoms with E-state index in [1.54, 1.807) is 11.0 Å². The lowest BCUT2D eigenvalue weighted by Crippen LogP contribution is -2.30. The van der Waals surface area contributed by atoms with E-state index in [-0.39, 0.29) is 12.5 Å². The van der Waals surface area contributed by atoms with Gasteiger partial charge < -0.3 is 14.0 Å². The third kappa shape index (κ3) is 3.08. The van der Waals surface area contributed by atoms with Crippen LogP contribution < -0.4 is 0 Å². The second-order valence-electron chi connectivity index (χ2n) is 5.45. The minimum absolute atomic E-state index is 0.151. The number of hydrogen-bond acceptors (Lipinski definition) is 5. The van der Waals surface area contributed by atoms with E-state index in [1.807, 2.05) is 43.8 Å². The van der Waals surface area contributed by atoms with Crippen molar-refractivity contribution in [1.29, 1.82) is 0 Å². The second kappa shape index (κ2) is 6.69. The van der Waals surface area contributed by atoms with Gasteiger partial charge in [-0.15, -0.1) is 0 Å². The quantitative estimate of drug-likeness (QED) is 0.747. The fourth-order valence-electron chi connectivity index (χ4n) is 2.45. The van der Waals surface area contributed by atoms with Crippen molar-refractivity contribution in [3.05, 3.63) is 41.8 Å². The highest BCUT2D eigenvalue weighted by Gasteiger charge is 2.20. The highest BCUT2D eigenvalue weighted by molar-refractivity contribution is 5.93. The zero-order chi connectivity index (χ0) is 17.1. The third-order valence-corrected chi connectivity index (χ3v) is 3.84. The Kier molecular flexibility index (Phi) is 4.45. The minimum atomic E-state index is -0.151. The van der Waals surface area contributed by atoms with Gasteiger partial charge in [0.1, 0.15) is 17.9 Å². The first-order valence-corrected chi connectivity index (χ1v) is 7.90. The fraction of sp³-hybridized carbons (Fsp3) is 0.375. The molecule has 0 aliphatic carbocycles. The van der Waals surface area contributed by atoms with Crippen LogP contribution in [0.25, 0.3) is 11.4 Å². The van der Waals surface area contributed by atoms with E-state index in [2.05, 4.69) is 20.3 Å². The molecule has 0 atom stereocenters. The Labute approximate surface area is 139 Å². The molecule has 1 N–H and O–H groups in total. The molecule has 3 aromatic heterocycles. The van der Waals surface area contributed by atoms with Gasteiger partial charge in [-0.05, 0) is 25.1 Å². The molecule has 0 fully saturated rings. The van der Waals surface area contributed by atoms with E-state index in [0.717, 1.165) is 11.4 Å². The van der Waals surface area contributed by atoms with Crippen LogP contribution in [0, 0.1) is 0 Å². The Morgan fingerprint density at radius 1 is 1.42 bits per heavy atom.